The summed E-state index contributed by atoms with van der Waals surface area (Å²) in [5.41, 5.74) is 12.2. The minimum absolute atomic E-state index is 0. The van der Waals surface area contributed by atoms with Crippen molar-refractivity contribution in [1.29, 1.82) is 0 Å². The fourth-order valence-electron chi connectivity index (χ4n) is 10.3. The second-order valence-corrected chi connectivity index (χ2v) is 27.7. The van der Waals surface area contributed by atoms with Crippen LogP contribution in [-0.4, -0.2) is 5.43 Å². The molecular formula is C51H60Cl2SiZr-2. The summed E-state index contributed by atoms with van der Waals surface area (Å²) in [4.78, 5) is 0. The maximum absolute atomic E-state index is 2.47. The van der Waals surface area contributed by atoms with Crippen molar-refractivity contribution in [2.24, 2.45) is 17.8 Å². The van der Waals surface area contributed by atoms with Crippen LogP contribution in [0.3, 0.4) is 0 Å². The molecule has 0 heterocycles. The van der Waals surface area contributed by atoms with Crippen LogP contribution in [0.5, 0.6) is 0 Å². The van der Waals surface area contributed by atoms with Gasteiger partial charge in [0.1, 0.15) is 0 Å². The van der Waals surface area contributed by atoms with E-state index in [4.69, 9.17) is 0 Å². The fraction of sp³-hybridized carbons (Fsp3) is 0.412. The molecule has 4 aliphatic carbocycles. The minimum atomic E-state index is 0. The summed E-state index contributed by atoms with van der Waals surface area (Å²) in [6.07, 6.45) is 10.1. The number of fused-ring (bicyclic) bond motifs is 2. The predicted molar refractivity (Wildman–Crippen MR) is 229 cm³/mol. The summed E-state index contributed by atoms with van der Waals surface area (Å²) in [6, 6.07) is 41.5. The van der Waals surface area contributed by atoms with Gasteiger partial charge in [0.2, 0.25) is 0 Å². The van der Waals surface area contributed by atoms with Gasteiger partial charge in [0, 0.05) is 0 Å². The van der Waals surface area contributed by atoms with E-state index in [1.807, 2.05) is 0 Å². The van der Waals surface area contributed by atoms with E-state index in [-0.39, 0.29) is 35.7 Å². The van der Waals surface area contributed by atoms with Crippen LogP contribution in [0.2, 0.25) is 13.1 Å². The topological polar surface area (TPSA) is 0 Å². The summed E-state index contributed by atoms with van der Waals surface area (Å²) in [7, 11) is 0. The largest absolute Gasteiger partial charge is 1.00 e. The number of halogens is 2. The Bertz CT molecular complexity index is 2160. The monoisotopic (exact) mass is 860 g/mol. The van der Waals surface area contributed by atoms with Crippen molar-refractivity contribution in [3.63, 3.8) is 0 Å². The van der Waals surface area contributed by atoms with E-state index in [2.05, 4.69) is 164 Å². The molecule has 0 aromatic heterocycles. The van der Waals surface area contributed by atoms with Gasteiger partial charge < -0.3 is 24.8 Å². The van der Waals surface area contributed by atoms with Crippen LogP contribution in [-0.2, 0) is 34.2 Å². The third kappa shape index (κ3) is 9.74. The number of hydrogen-bond donors (Lipinski definition) is 0. The van der Waals surface area contributed by atoms with E-state index in [9.17, 15) is 0 Å². The maximum Gasteiger partial charge on any atom is -0.00391 e. The maximum atomic E-state index is 2.47. The third-order valence-electron chi connectivity index (χ3n) is 12.8. The van der Waals surface area contributed by atoms with Crippen LogP contribution in [0.25, 0.3) is 43.8 Å². The van der Waals surface area contributed by atoms with E-state index in [0.29, 0.717) is 11.3 Å². The first-order valence-corrected chi connectivity index (χ1v) is 26.6. The Morgan fingerprint density at radius 2 is 1.16 bits per heavy atom. The molecule has 1 unspecified atom stereocenters. The third-order valence-corrected chi connectivity index (χ3v) is 12.8. The molecule has 55 heavy (non-hydrogen) atoms. The van der Waals surface area contributed by atoms with Crippen LogP contribution in [0, 0.1) is 24.7 Å². The van der Waals surface area contributed by atoms with Gasteiger partial charge in [0.05, 0.1) is 0 Å². The first-order chi connectivity index (χ1) is 25.3. The van der Waals surface area contributed by atoms with E-state index in [0.717, 1.165) is 17.8 Å². The van der Waals surface area contributed by atoms with E-state index >= 15 is 0 Å². The van der Waals surface area contributed by atoms with Gasteiger partial charge in [-0.05, 0) is 95.3 Å². The fourth-order valence-corrected chi connectivity index (χ4v) is 10.3. The van der Waals surface area contributed by atoms with Crippen molar-refractivity contribution in [3.05, 3.63) is 131 Å². The molecule has 4 heteroatoms. The van der Waals surface area contributed by atoms with E-state index in [1.165, 1.54) is 105 Å². The van der Waals surface area contributed by atoms with Gasteiger partial charge in [0.15, 0.2) is 0 Å². The van der Waals surface area contributed by atoms with Crippen molar-refractivity contribution in [1.82, 2.24) is 0 Å². The number of benzene rings is 4. The Morgan fingerprint density at radius 3 is 1.64 bits per heavy atom. The van der Waals surface area contributed by atoms with Crippen LogP contribution in [0.15, 0.2) is 109 Å². The molecule has 4 fully saturated rings. The Hall–Kier alpha value is -2.22. The molecule has 1 atom stereocenters. The van der Waals surface area contributed by atoms with Crippen molar-refractivity contribution < 1.29 is 48.1 Å². The molecule has 6 aromatic rings. The molecule has 0 aliphatic heterocycles. The molecule has 0 amide bonds. The second-order valence-electron chi connectivity index (χ2n) is 18.4. The molecule has 4 saturated carbocycles. The smallest absolute Gasteiger partial charge is 0.00391 e. The zero-order valence-corrected chi connectivity index (χ0v) is 39.4. The van der Waals surface area contributed by atoms with Gasteiger partial charge in [-0.2, -0.15) is 12.1 Å². The van der Waals surface area contributed by atoms with Crippen molar-refractivity contribution in [3.8, 4) is 22.3 Å². The predicted octanol–water partition coefficient (Wildman–Crippen LogP) is 8.83. The molecule has 4 aliphatic rings. The molecule has 0 nitrogen and oxygen atoms in total. The number of aryl methyl sites for hydroxylation is 1. The van der Waals surface area contributed by atoms with Gasteiger partial charge >= 0.3 is 41.9 Å². The Balaban J connectivity index is 0.000000188. The zero-order chi connectivity index (χ0) is 37.5. The van der Waals surface area contributed by atoms with Gasteiger partial charge in [0.25, 0.3) is 0 Å². The average Bonchev–Trinajstić information content (AvgIpc) is 3.74. The number of rotatable bonds is 5. The zero-order valence-electron chi connectivity index (χ0n) is 34.4. The van der Waals surface area contributed by atoms with E-state index in [1.54, 1.807) is 28.9 Å². The van der Waals surface area contributed by atoms with E-state index < -0.39 is 0 Å². The second kappa shape index (κ2) is 18.1. The molecule has 6 aromatic carbocycles. The summed E-state index contributed by atoms with van der Waals surface area (Å²) >= 11 is 1.74. The first kappa shape index (κ1) is 43.9. The first-order valence-electron chi connectivity index (χ1n) is 20.4. The molecule has 0 N–H and O–H groups in total. The Kier molecular flexibility index (Phi) is 14.5. The van der Waals surface area contributed by atoms with Gasteiger partial charge in [-0.3, -0.25) is 0 Å². The van der Waals surface area contributed by atoms with Crippen LogP contribution >= 0.6 is 0 Å². The van der Waals surface area contributed by atoms with Gasteiger partial charge in [-0.15, -0.1) is 69.1 Å². The van der Waals surface area contributed by atoms with Crippen LogP contribution in [0.4, 0.5) is 0 Å². The summed E-state index contributed by atoms with van der Waals surface area (Å²) in [6.45, 7) is 18.2. The van der Waals surface area contributed by atoms with Crippen LogP contribution < -0.4 is 24.8 Å². The SMILES string of the molecule is CCC(C)c1cc2c(-c3ccc(C(C)(C)C)cc3)cccc2[cH-]1.C[Si](C)=[Zr+2].Cc1cc2c(-c3ccc(C45CC6CC(CC(C6)C4)C5)cc3)cccc2[cH-]1.[Cl-].[Cl-]. The van der Waals surface area contributed by atoms with Crippen LogP contribution in [0.1, 0.15) is 108 Å². The quantitative estimate of drug-likeness (QED) is 0.120. The standard InChI is InChI=1S/C26H27.C23H27.C2H6Si.2ClH.Zr/c1-17-9-22-3-2-4-24(25(22)10-17)21-5-7-23(8-6-21)26-14-18-11-19(15-26)13-20(12-18)16-26;1-6-16(2)19-14-18-8-7-9-21(22(18)15-19)17-10-12-20(13-11-17)23(3,4)5;1-3-2;;;/h2-10,18-20H,11-16H2,1H3;7-16H,6H2,1-5H3;1-2H3;2*1H;/q2*-1;;;;+2/p-2. The molecular weight excluding hydrogens is 803 g/mol. The molecule has 10 rings (SSSR count). The molecule has 0 radical (unpaired) electrons. The van der Waals surface area contributed by atoms with Gasteiger partial charge in [-0.25, -0.2) is 0 Å². The number of hydrogen-bond acceptors (Lipinski definition) is 0. The summed E-state index contributed by atoms with van der Waals surface area (Å²) in [5, 5.41) is 5.50. The summed E-state index contributed by atoms with van der Waals surface area (Å²) < 4.78 is 0. The minimum Gasteiger partial charge on any atom is -1.00 e. The Labute approximate surface area is 360 Å². The average molecular weight is 863 g/mol. The normalized spacial score (nSPS) is 21.5. The molecule has 0 saturated heterocycles. The molecule has 0 spiro atoms. The van der Waals surface area contributed by atoms with Gasteiger partial charge in [-0.1, -0.05) is 120 Å². The molecule has 4 bridgehead atoms. The van der Waals surface area contributed by atoms with Crippen molar-refractivity contribution in [2.45, 2.75) is 116 Å². The van der Waals surface area contributed by atoms with Crippen molar-refractivity contribution >= 4 is 27.0 Å². The Morgan fingerprint density at radius 1 is 0.709 bits per heavy atom. The van der Waals surface area contributed by atoms with Crippen molar-refractivity contribution in [2.75, 3.05) is 0 Å². The summed E-state index contributed by atoms with van der Waals surface area (Å²) in [5.74, 6) is 3.67. The molecule has 288 valence electrons.